The molecule has 0 aliphatic carbocycles. The van der Waals surface area contributed by atoms with Crippen molar-refractivity contribution in [3.05, 3.63) is 74.9 Å². The fourth-order valence-electron chi connectivity index (χ4n) is 2.63. The molecule has 3 aromatic rings. The second-order valence-electron chi connectivity index (χ2n) is 6.76. The number of benzene rings is 2. The molecule has 0 aliphatic heterocycles. The average molecular weight is 487 g/mol. The van der Waals surface area contributed by atoms with Crippen LogP contribution in [-0.2, 0) is 6.18 Å². The molecule has 1 amide bonds. The fraction of sp³-hybridized carbons (Fsp3) is 0.105. The molecule has 34 heavy (non-hydrogen) atoms. The van der Waals surface area contributed by atoms with Crippen molar-refractivity contribution in [1.29, 1.82) is 0 Å². The van der Waals surface area contributed by atoms with Gasteiger partial charge in [0.15, 0.2) is 11.5 Å². The molecule has 2 aromatic carbocycles. The van der Waals surface area contributed by atoms with Crippen LogP contribution in [0, 0.1) is 5.82 Å². The number of halogens is 5. The number of aromatic nitrogens is 2. The van der Waals surface area contributed by atoms with E-state index in [9.17, 15) is 27.2 Å². The Morgan fingerprint density at radius 1 is 1.06 bits per heavy atom. The lowest BCUT2D eigenvalue weighted by Crippen LogP contribution is -2.37. The molecular weight excluding hydrogens is 478 g/mol. The van der Waals surface area contributed by atoms with Crippen molar-refractivity contribution in [2.24, 2.45) is 0 Å². The number of H-pyrrole nitrogens is 1. The zero-order valence-corrected chi connectivity index (χ0v) is 17.5. The van der Waals surface area contributed by atoms with E-state index in [0.717, 1.165) is 30.5 Å². The molecule has 1 heterocycles. The maximum atomic E-state index is 13.7. The average Bonchev–Trinajstić information content (AvgIpc) is 2.68. The van der Waals surface area contributed by atoms with Gasteiger partial charge in [-0.05, 0) is 29.6 Å². The van der Waals surface area contributed by atoms with Crippen LogP contribution in [0.3, 0.4) is 0 Å². The topological polar surface area (TPSA) is 93.3 Å². The largest absolute Gasteiger partial charge is 0.512 e. The van der Waals surface area contributed by atoms with Crippen LogP contribution in [-0.4, -0.2) is 44.9 Å². The van der Waals surface area contributed by atoms with Crippen molar-refractivity contribution in [2.75, 3.05) is 5.32 Å². The summed E-state index contributed by atoms with van der Waals surface area (Å²) in [5.74, 6) is -3.34. The third-order valence-electron chi connectivity index (χ3n) is 3.95. The highest BCUT2D eigenvalue weighted by molar-refractivity contribution is 6.58. The monoisotopic (exact) mass is 487 g/mol. The highest BCUT2D eigenvalue weighted by Gasteiger charge is 2.35. The number of ether oxygens (including phenoxy) is 2. The lowest BCUT2D eigenvalue weighted by Gasteiger charge is -2.25. The second-order valence-corrected chi connectivity index (χ2v) is 7.17. The summed E-state index contributed by atoms with van der Waals surface area (Å²) in [4.78, 5) is 24.2. The minimum Gasteiger partial charge on any atom is -0.512 e. The minimum absolute atomic E-state index is 0.0688. The minimum atomic E-state index is -4.91. The van der Waals surface area contributed by atoms with E-state index in [2.05, 4.69) is 15.5 Å². The third kappa shape index (κ3) is 6.34. The zero-order chi connectivity index (χ0) is 25.3. The lowest BCUT2D eigenvalue weighted by molar-refractivity contribution is -0.137. The summed E-state index contributed by atoms with van der Waals surface area (Å²) in [6, 6.07) is 4.79. The van der Waals surface area contributed by atoms with Crippen LogP contribution in [0.1, 0.15) is 15.9 Å². The highest BCUT2D eigenvalue weighted by Crippen LogP contribution is 2.41. The van der Waals surface area contributed by atoms with Crippen LogP contribution in [0.5, 0.6) is 17.2 Å². The normalized spacial score (nSPS) is 11.7. The van der Waals surface area contributed by atoms with Gasteiger partial charge in [0.2, 0.25) is 0 Å². The number of carbonyl (C=O) groups excluding carboxylic acids is 1. The van der Waals surface area contributed by atoms with Crippen molar-refractivity contribution < 1.29 is 31.8 Å². The van der Waals surface area contributed by atoms with Gasteiger partial charge in [-0.1, -0.05) is 11.6 Å². The predicted molar refractivity (Wildman–Crippen MR) is 116 cm³/mol. The molecule has 15 heteroatoms. The Kier molecular flexibility index (Phi) is 7.01. The fourth-order valence-corrected chi connectivity index (χ4v) is 2.90. The number of hydrogen-bond donors (Lipinski definition) is 2. The van der Waals surface area contributed by atoms with Crippen LogP contribution in [0.2, 0.25) is 5.02 Å². The summed E-state index contributed by atoms with van der Waals surface area (Å²) in [7, 11) is 16.0. The van der Waals surface area contributed by atoms with Crippen LogP contribution in [0.4, 0.5) is 23.2 Å². The van der Waals surface area contributed by atoms with E-state index in [1.54, 1.807) is 0 Å². The van der Waals surface area contributed by atoms with Gasteiger partial charge in [-0.15, -0.1) is 0 Å². The molecule has 7 nitrogen and oxygen atoms in total. The summed E-state index contributed by atoms with van der Waals surface area (Å²) in [6.07, 6.45) is -3.83. The van der Waals surface area contributed by atoms with Crippen LogP contribution >= 0.6 is 11.6 Å². The molecule has 0 unspecified atom stereocenters. The summed E-state index contributed by atoms with van der Waals surface area (Å²) in [5.41, 5.74) is -2.52. The van der Waals surface area contributed by atoms with E-state index in [-0.39, 0.29) is 11.4 Å². The number of rotatable bonds is 6. The van der Waals surface area contributed by atoms with Crippen molar-refractivity contribution in [2.45, 2.75) is 11.5 Å². The first-order valence-corrected chi connectivity index (χ1v) is 9.40. The van der Waals surface area contributed by atoms with Gasteiger partial charge in [0.05, 0.1) is 28.0 Å². The summed E-state index contributed by atoms with van der Waals surface area (Å²) in [5, 5.41) is 4.76. The number of anilines is 1. The molecule has 0 aliphatic rings. The Labute approximate surface area is 198 Å². The van der Waals surface area contributed by atoms with E-state index < -0.39 is 56.4 Å². The van der Waals surface area contributed by atoms with E-state index in [1.807, 2.05) is 0 Å². The molecule has 0 saturated carbocycles. The molecule has 1 aromatic heterocycles. The molecule has 2 N–H and O–H groups in total. The maximum Gasteiger partial charge on any atom is 0.417 e. The summed E-state index contributed by atoms with van der Waals surface area (Å²) < 4.78 is 64.4. The number of carbonyl (C=O) groups is 1. The second kappa shape index (κ2) is 9.45. The Morgan fingerprint density at radius 3 is 2.38 bits per heavy atom. The summed E-state index contributed by atoms with van der Waals surface area (Å²) in [6.45, 7) is 0. The van der Waals surface area contributed by atoms with Crippen LogP contribution < -0.4 is 20.3 Å². The Balaban J connectivity index is 2.10. The molecule has 0 spiro atoms. The van der Waals surface area contributed by atoms with Gasteiger partial charge in [0.25, 0.3) is 11.5 Å². The number of hydrogen-bond acceptors (Lipinski definition) is 5. The van der Waals surface area contributed by atoms with Crippen LogP contribution in [0.25, 0.3) is 0 Å². The van der Waals surface area contributed by atoms with E-state index in [0.29, 0.717) is 12.1 Å². The van der Waals surface area contributed by atoms with Gasteiger partial charge in [-0.25, -0.2) is 9.49 Å². The maximum absolute atomic E-state index is 13.7. The molecule has 6 radical (unpaired) electrons. The molecule has 3 rings (SSSR count). The Morgan fingerprint density at radius 2 is 1.76 bits per heavy atom. The molecule has 0 atom stereocenters. The lowest BCUT2D eigenvalue weighted by atomic mass is 9.52. The van der Waals surface area contributed by atoms with Gasteiger partial charge in [-0.2, -0.15) is 18.3 Å². The number of aromatic amines is 1. The smallest absolute Gasteiger partial charge is 0.417 e. The van der Waals surface area contributed by atoms with Gasteiger partial charge in [-0.3, -0.25) is 9.59 Å². The number of nitrogens with one attached hydrogen (secondary N) is 2. The van der Waals surface area contributed by atoms with Gasteiger partial charge < -0.3 is 14.8 Å². The van der Waals surface area contributed by atoms with Gasteiger partial charge >= 0.3 is 6.18 Å². The van der Waals surface area contributed by atoms with Crippen molar-refractivity contribution in [3.63, 3.8) is 0 Å². The highest BCUT2D eigenvalue weighted by atomic mass is 35.5. The van der Waals surface area contributed by atoms with E-state index in [1.165, 1.54) is 0 Å². The zero-order valence-electron chi connectivity index (χ0n) is 16.7. The third-order valence-corrected chi connectivity index (χ3v) is 4.27. The van der Waals surface area contributed by atoms with Gasteiger partial charge in [0, 0.05) is 12.1 Å². The number of amides is 1. The first-order chi connectivity index (χ1) is 15.7. The quantitative estimate of drug-likeness (QED) is 0.412. The Bertz CT molecular complexity index is 1300. The number of alkyl halides is 3. The number of nitrogens with zero attached hydrogens (tertiary/aromatic N) is 1. The molecular formula is C19H9B3ClF4N3O4. The Hall–Kier alpha value is -3.41. The molecule has 0 bridgehead atoms. The molecule has 168 valence electrons. The molecule has 0 fully saturated rings. The standard InChI is InChI=1S/C19H9B3ClF4N3O4/c20-19(21,22)34-15-3-8(24)1-2-13(15)33-14-6-11(18(25,26)27)12(23)5-10(14)17(32)29-9-4-16(31)30-28-7-9/h1-7H,(H2,29,30,31,32). The summed E-state index contributed by atoms with van der Waals surface area (Å²) >= 11 is 5.75. The van der Waals surface area contributed by atoms with Crippen molar-refractivity contribution in [3.8, 4) is 17.2 Å². The van der Waals surface area contributed by atoms with Crippen LogP contribution in [0.15, 0.2) is 47.4 Å². The van der Waals surface area contributed by atoms with Gasteiger partial charge in [0.1, 0.15) is 35.1 Å². The van der Waals surface area contributed by atoms with E-state index >= 15 is 0 Å². The first-order valence-electron chi connectivity index (χ1n) is 9.03. The SMILES string of the molecule is [B]C([B])([B])Oc1cc(F)ccc1Oc1cc(C(F)(F)F)c(Cl)cc1C(=O)Nc1cn[nH]c(=O)c1. The first kappa shape index (κ1) is 25.2. The van der Waals surface area contributed by atoms with Crippen molar-refractivity contribution >= 4 is 46.7 Å². The molecule has 0 saturated heterocycles. The predicted octanol–water partition coefficient (Wildman–Crippen LogP) is 3.12. The van der Waals surface area contributed by atoms with Crippen molar-refractivity contribution in [1.82, 2.24) is 10.2 Å². The van der Waals surface area contributed by atoms with E-state index in [4.69, 9.17) is 44.6 Å².